The Morgan fingerprint density at radius 2 is 0.828 bits per heavy atom. The molecule has 0 saturated carbocycles. The largest absolute Gasteiger partial charge is 0.456 e. The highest BCUT2D eigenvalue weighted by atomic mass is 16.3. The molecule has 9 aromatic carbocycles. The number of fused-ring (bicyclic) bond motifs is 9. The molecule has 270 valence electrons. The van der Waals surface area contributed by atoms with E-state index in [1.165, 1.54) is 5.56 Å². The first kappa shape index (κ1) is 32.4. The summed E-state index contributed by atoms with van der Waals surface area (Å²) in [6.07, 6.45) is 0. The maximum Gasteiger partial charge on any atom is 0.164 e. The lowest BCUT2D eigenvalue weighted by Crippen LogP contribution is -2.01. The van der Waals surface area contributed by atoms with Gasteiger partial charge < -0.3 is 8.83 Å². The second-order valence-electron chi connectivity index (χ2n) is 14.7. The van der Waals surface area contributed by atoms with Crippen molar-refractivity contribution in [1.29, 1.82) is 0 Å². The van der Waals surface area contributed by atoms with Gasteiger partial charge in [-0.1, -0.05) is 152 Å². The summed E-state index contributed by atoms with van der Waals surface area (Å²) in [5.74, 6) is 1.76. The number of benzene rings is 9. The Hall–Kier alpha value is -7.89. The van der Waals surface area contributed by atoms with Crippen LogP contribution in [0, 0.1) is 0 Å². The Labute approximate surface area is 332 Å². The molecule has 0 radical (unpaired) electrons. The maximum atomic E-state index is 6.48. The van der Waals surface area contributed by atoms with E-state index >= 15 is 0 Å². The molecule has 5 nitrogen and oxygen atoms in total. The molecule has 0 unspecified atom stereocenters. The SMILES string of the molecule is c1ccc(-c2ccc3ccc(-c4nc(-c5ccc(-c6cccc7oc8ccccc8c67)cc5)nc(-c5cc6oc7ccccc7c6c6ccccc56)n4)cc3c2)cc1. The zero-order chi connectivity index (χ0) is 38.2. The van der Waals surface area contributed by atoms with Crippen LogP contribution < -0.4 is 0 Å². The van der Waals surface area contributed by atoms with Crippen molar-refractivity contribution in [3.8, 4) is 56.4 Å². The van der Waals surface area contributed by atoms with Crippen molar-refractivity contribution in [2.24, 2.45) is 0 Å². The maximum absolute atomic E-state index is 6.48. The quantitative estimate of drug-likeness (QED) is 0.176. The van der Waals surface area contributed by atoms with E-state index in [9.17, 15) is 0 Å². The molecule has 0 aliphatic heterocycles. The minimum absolute atomic E-state index is 0.579. The van der Waals surface area contributed by atoms with E-state index in [2.05, 4.69) is 146 Å². The number of nitrogens with zero attached hydrogens (tertiary/aromatic N) is 3. The molecule has 0 saturated heterocycles. The topological polar surface area (TPSA) is 65.0 Å². The number of para-hydroxylation sites is 2. The van der Waals surface area contributed by atoms with E-state index in [4.69, 9.17) is 23.8 Å². The minimum Gasteiger partial charge on any atom is -0.456 e. The molecule has 0 bridgehead atoms. The number of aromatic nitrogens is 3. The van der Waals surface area contributed by atoms with Crippen molar-refractivity contribution >= 4 is 65.4 Å². The molecule has 58 heavy (non-hydrogen) atoms. The van der Waals surface area contributed by atoms with Crippen molar-refractivity contribution in [2.45, 2.75) is 0 Å². The van der Waals surface area contributed by atoms with Gasteiger partial charge in [-0.05, 0) is 80.2 Å². The van der Waals surface area contributed by atoms with Crippen LogP contribution in [0.5, 0.6) is 0 Å². The Morgan fingerprint density at radius 1 is 0.276 bits per heavy atom. The third kappa shape index (κ3) is 5.21. The fraction of sp³-hybridized carbons (Fsp3) is 0. The summed E-state index contributed by atoms with van der Waals surface area (Å²) in [6, 6.07) is 65.2. The van der Waals surface area contributed by atoms with Gasteiger partial charge in [-0.25, -0.2) is 15.0 Å². The highest BCUT2D eigenvalue weighted by Gasteiger charge is 2.20. The van der Waals surface area contributed by atoms with Gasteiger partial charge in [0.15, 0.2) is 17.5 Å². The number of furan rings is 2. The van der Waals surface area contributed by atoms with Gasteiger partial charge >= 0.3 is 0 Å². The van der Waals surface area contributed by atoms with Crippen molar-refractivity contribution in [3.63, 3.8) is 0 Å². The zero-order valence-corrected chi connectivity index (χ0v) is 31.1. The highest BCUT2D eigenvalue weighted by molar-refractivity contribution is 6.22. The summed E-state index contributed by atoms with van der Waals surface area (Å²) < 4.78 is 12.7. The normalized spacial score (nSPS) is 11.8. The Kier molecular flexibility index (Phi) is 7.16. The Morgan fingerprint density at radius 3 is 1.60 bits per heavy atom. The summed E-state index contributed by atoms with van der Waals surface area (Å²) in [7, 11) is 0. The smallest absolute Gasteiger partial charge is 0.164 e. The summed E-state index contributed by atoms with van der Waals surface area (Å²) in [6.45, 7) is 0. The summed E-state index contributed by atoms with van der Waals surface area (Å²) >= 11 is 0. The molecule has 3 heterocycles. The highest BCUT2D eigenvalue weighted by Crippen LogP contribution is 2.41. The molecule has 0 N–H and O–H groups in total. The van der Waals surface area contributed by atoms with Crippen molar-refractivity contribution < 1.29 is 8.83 Å². The Bertz CT molecular complexity index is 3570. The molecule has 3 aromatic heterocycles. The van der Waals surface area contributed by atoms with Gasteiger partial charge in [-0.3, -0.25) is 0 Å². The molecule has 0 amide bonds. The lowest BCUT2D eigenvalue weighted by Gasteiger charge is -2.12. The van der Waals surface area contributed by atoms with E-state index in [0.717, 1.165) is 98.8 Å². The van der Waals surface area contributed by atoms with Gasteiger partial charge in [0.25, 0.3) is 0 Å². The number of rotatable bonds is 5. The van der Waals surface area contributed by atoms with Gasteiger partial charge in [0.1, 0.15) is 22.3 Å². The van der Waals surface area contributed by atoms with Crippen LogP contribution in [-0.4, -0.2) is 15.0 Å². The van der Waals surface area contributed by atoms with Crippen molar-refractivity contribution in [1.82, 2.24) is 15.0 Å². The predicted molar refractivity (Wildman–Crippen MR) is 237 cm³/mol. The molecule has 0 aliphatic rings. The van der Waals surface area contributed by atoms with Crippen LogP contribution in [0.2, 0.25) is 0 Å². The first-order valence-electron chi connectivity index (χ1n) is 19.4. The fourth-order valence-corrected chi connectivity index (χ4v) is 8.54. The molecule has 0 atom stereocenters. The van der Waals surface area contributed by atoms with Gasteiger partial charge in [0.2, 0.25) is 0 Å². The van der Waals surface area contributed by atoms with Crippen molar-refractivity contribution in [2.75, 3.05) is 0 Å². The monoisotopic (exact) mass is 741 g/mol. The molecular formula is C53H31N3O2. The van der Waals surface area contributed by atoms with E-state index < -0.39 is 0 Å². The molecule has 5 heteroatoms. The first-order chi connectivity index (χ1) is 28.7. The predicted octanol–water partition coefficient (Wildman–Crippen LogP) is 14.3. The van der Waals surface area contributed by atoms with Gasteiger partial charge in [0.05, 0.1) is 0 Å². The minimum atomic E-state index is 0.579. The zero-order valence-electron chi connectivity index (χ0n) is 31.1. The summed E-state index contributed by atoms with van der Waals surface area (Å²) in [5, 5.41) is 8.78. The number of hydrogen-bond donors (Lipinski definition) is 0. The summed E-state index contributed by atoms with van der Waals surface area (Å²) in [5.41, 5.74) is 10.6. The Balaban J connectivity index is 1.05. The van der Waals surface area contributed by atoms with Crippen LogP contribution in [0.4, 0.5) is 0 Å². The lowest BCUT2D eigenvalue weighted by molar-refractivity contribution is 0.668. The van der Waals surface area contributed by atoms with Crippen LogP contribution in [-0.2, 0) is 0 Å². The van der Waals surface area contributed by atoms with E-state index in [0.29, 0.717) is 17.5 Å². The van der Waals surface area contributed by atoms with E-state index in [1.54, 1.807) is 0 Å². The van der Waals surface area contributed by atoms with Crippen LogP contribution in [0.1, 0.15) is 0 Å². The molecule has 0 spiro atoms. The fourth-order valence-electron chi connectivity index (χ4n) is 8.54. The summed E-state index contributed by atoms with van der Waals surface area (Å²) in [4.78, 5) is 15.7. The standard InChI is InChI=1S/C53H31N3O2/c1-2-11-32(12-3-1)36-27-21-33-22-28-37(30-38(33)29-36)52-54-51(35-25-23-34(24-26-35)39-17-10-20-47-49(39)42-15-6-8-18-45(42)57-47)55-53(56-52)44-31-48-50(41-14-5-4-13-40(41)44)43-16-7-9-19-46(43)58-48/h1-31H. The van der Waals surface area contributed by atoms with Crippen LogP contribution in [0.25, 0.3) is 122 Å². The molecule has 0 aliphatic carbocycles. The second kappa shape index (κ2) is 12.8. The van der Waals surface area contributed by atoms with Crippen LogP contribution >= 0.6 is 0 Å². The molecule has 0 fully saturated rings. The third-order valence-electron chi connectivity index (χ3n) is 11.3. The second-order valence-corrected chi connectivity index (χ2v) is 14.7. The third-order valence-corrected chi connectivity index (χ3v) is 11.3. The number of hydrogen-bond acceptors (Lipinski definition) is 5. The average Bonchev–Trinajstić information content (AvgIpc) is 3.87. The van der Waals surface area contributed by atoms with Gasteiger partial charge in [0, 0.05) is 38.2 Å². The average molecular weight is 742 g/mol. The van der Waals surface area contributed by atoms with E-state index in [-0.39, 0.29) is 0 Å². The van der Waals surface area contributed by atoms with Crippen molar-refractivity contribution in [3.05, 3.63) is 188 Å². The van der Waals surface area contributed by atoms with Gasteiger partial charge in [-0.2, -0.15) is 0 Å². The van der Waals surface area contributed by atoms with E-state index in [1.807, 2.05) is 42.5 Å². The van der Waals surface area contributed by atoms with Gasteiger partial charge in [-0.15, -0.1) is 0 Å². The molecule has 12 aromatic rings. The molecule has 12 rings (SSSR count). The lowest BCUT2D eigenvalue weighted by atomic mass is 9.98. The van der Waals surface area contributed by atoms with Crippen LogP contribution in [0.3, 0.4) is 0 Å². The first-order valence-corrected chi connectivity index (χ1v) is 19.4. The molecular weight excluding hydrogens is 711 g/mol. The van der Waals surface area contributed by atoms with Crippen LogP contribution in [0.15, 0.2) is 197 Å².